The zero-order chi connectivity index (χ0) is 19.8. The quantitative estimate of drug-likeness (QED) is 0.475. The molecule has 1 aromatic carbocycles. The summed E-state index contributed by atoms with van der Waals surface area (Å²) in [5.74, 6) is -0.661. The number of hydroxylamine groups is 1. The summed E-state index contributed by atoms with van der Waals surface area (Å²) in [5, 5.41) is 8.52. The molecule has 0 saturated carbocycles. The van der Waals surface area contributed by atoms with Crippen LogP contribution in [0.15, 0.2) is 60.7 Å². The van der Waals surface area contributed by atoms with Gasteiger partial charge in [0.1, 0.15) is 0 Å². The Morgan fingerprint density at radius 1 is 1.00 bits per heavy atom. The van der Waals surface area contributed by atoms with Gasteiger partial charge in [-0.3, -0.25) is 14.8 Å². The van der Waals surface area contributed by atoms with Crippen molar-refractivity contribution in [3.8, 4) is 0 Å². The molecule has 1 aliphatic heterocycles. The molecular weight excluding hydrogens is 354 g/mol. The number of carbonyl (C=O) groups is 2. The Balaban J connectivity index is 1.72. The Hall–Kier alpha value is -3.25. The summed E-state index contributed by atoms with van der Waals surface area (Å²) >= 11 is 0. The number of piperidine rings is 1. The van der Waals surface area contributed by atoms with E-state index in [0.717, 1.165) is 31.4 Å². The summed E-state index contributed by atoms with van der Waals surface area (Å²) in [6.07, 6.45) is 8.99. The monoisotopic (exact) mass is 377 g/mol. The fourth-order valence-corrected chi connectivity index (χ4v) is 3.32. The summed E-state index contributed by atoms with van der Waals surface area (Å²) in [5.41, 5.74) is 3.86. The number of likely N-dealkylation sites (tertiary alicyclic amines) is 1. The van der Waals surface area contributed by atoms with Crippen molar-refractivity contribution in [1.29, 1.82) is 0 Å². The maximum atomic E-state index is 12.8. The first kappa shape index (κ1) is 19.5. The highest BCUT2D eigenvalue weighted by molar-refractivity contribution is 5.92. The van der Waals surface area contributed by atoms with Gasteiger partial charge in [-0.15, -0.1) is 0 Å². The number of nitrogens with one attached hydrogen (secondary N) is 1. The van der Waals surface area contributed by atoms with E-state index in [1.807, 2.05) is 23.1 Å². The molecule has 144 valence electrons. The summed E-state index contributed by atoms with van der Waals surface area (Å²) in [6, 6.07) is 15.5. The molecule has 1 saturated heterocycles. The topological polar surface area (TPSA) is 82.5 Å². The number of rotatable bonds is 5. The van der Waals surface area contributed by atoms with E-state index in [4.69, 9.17) is 5.21 Å². The summed E-state index contributed by atoms with van der Waals surface area (Å²) in [7, 11) is 0. The van der Waals surface area contributed by atoms with Crippen molar-refractivity contribution in [3.05, 3.63) is 77.6 Å². The highest BCUT2D eigenvalue weighted by Gasteiger charge is 2.26. The van der Waals surface area contributed by atoms with Crippen LogP contribution in [-0.2, 0) is 9.59 Å². The van der Waals surface area contributed by atoms with Crippen LogP contribution < -0.4 is 5.48 Å². The molecule has 0 radical (unpaired) electrons. The third kappa shape index (κ3) is 5.14. The van der Waals surface area contributed by atoms with Crippen LogP contribution in [0.4, 0.5) is 0 Å². The van der Waals surface area contributed by atoms with Crippen LogP contribution in [-0.4, -0.2) is 33.5 Å². The fraction of sp³-hybridized carbons (Fsp3) is 0.227. The molecule has 2 amide bonds. The normalized spacial score (nSPS) is 17.2. The van der Waals surface area contributed by atoms with Crippen LogP contribution in [0.25, 0.3) is 12.2 Å². The van der Waals surface area contributed by atoms with Crippen LogP contribution in [0.2, 0.25) is 0 Å². The highest BCUT2D eigenvalue weighted by Crippen LogP contribution is 2.30. The Bertz CT molecular complexity index is 878. The Morgan fingerprint density at radius 3 is 2.43 bits per heavy atom. The molecule has 2 heterocycles. The average molecular weight is 377 g/mol. The van der Waals surface area contributed by atoms with E-state index in [2.05, 4.69) is 17.1 Å². The SMILES string of the molecule is O=C(C=Cc1cccc(C=CC(=O)N2CCCCC2c2ccccc2)n1)NO. The van der Waals surface area contributed by atoms with Crippen molar-refractivity contribution in [3.63, 3.8) is 0 Å². The molecule has 1 aromatic heterocycles. The van der Waals surface area contributed by atoms with Crippen molar-refractivity contribution in [1.82, 2.24) is 15.4 Å². The van der Waals surface area contributed by atoms with Gasteiger partial charge in [0, 0.05) is 18.7 Å². The van der Waals surface area contributed by atoms with Crippen LogP contribution in [0.5, 0.6) is 0 Å². The van der Waals surface area contributed by atoms with Gasteiger partial charge >= 0.3 is 0 Å². The molecule has 6 heteroatoms. The second-order valence-electron chi connectivity index (χ2n) is 6.58. The third-order valence-electron chi connectivity index (χ3n) is 4.67. The molecular formula is C22H23N3O3. The molecule has 6 nitrogen and oxygen atoms in total. The first-order chi connectivity index (χ1) is 13.7. The smallest absolute Gasteiger partial charge is 0.267 e. The summed E-state index contributed by atoms with van der Waals surface area (Å²) in [6.45, 7) is 0.745. The van der Waals surface area contributed by atoms with E-state index in [1.165, 1.54) is 17.6 Å². The van der Waals surface area contributed by atoms with Gasteiger partial charge in [0.2, 0.25) is 5.91 Å². The van der Waals surface area contributed by atoms with Gasteiger partial charge in [-0.05, 0) is 49.1 Å². The van der Waals surface area contributed by atoms with Crippen LogP contribution >= 0.6 is 0 Å². The first-order valence-corrected chi connectivity index (χ1v) is 9.30. The van der Waals surface area contributed by atoms with E-state index in [0.29, 0.717) is 11.4 Å². The van der Waals surface area contributed by atoms with Crippen molar-refractivity contribution in [2.45, 2.75) is 25.3 Å². The van der Waals surface area contributed by atoms with Crippen LogP contribution in [0, 0.1) is 0 Å². The predicted molar refractivity (Wildman–Crippen MR) is 107 cm³/mol. The lowest BCUT2D eigenvalue weighted by Gasteiger charge is -2.35. The molecule has 1 aliphatic rings. The molecule has 1 atom stereocenters. The van der Waals surface area contributed by atoms with Gasteiger partial charge in [0.25, 0.3) is 5.91 Å². The van der Waals surface area contributed by atoms with Crippen molar-refractivity contribution in [2.75, 3.05) is 6.54 Å². The minimum atomic E-state index is -0.630. The van der Waals surface area contributed by atoms with Gasteiger partial charge in [0.05, 0.1) is 17.4 Å². The second-order valence-corrected chi connectivity index (χ2v) is 6.58. The largest absolute Gasteiger partial charge is 0.332 e. The molecule has 3 rings (SSSR count). The highest BCUT2D eigenvalue weighted by atomic mass is 16.5. The number of carbonyl (C=O) groups excluding carboxylic acids is 2. The van der Waals surface area contributed by atoms with Crippen molar-refractivity contribution in [2.24, 2.45) is 0 Å². The lowest BCUT2D eigenvalue weighted by atomic mass is 9.95. The number of benzene rings is 1. The number of nitrogens with zero attached hydrogens (tertiary/aromatic N) is 2. The van der Waals surface area contributed by atoms with Gasteiger partial charge in [-0.1, -0.05) is 36.4 Å². The van der Waals surface area contributed by atoms with E-state index in [1.54, 1.807) is 30.4 Å². The summed E-state index contributed by atoms with van der Waals surface area (Å²) in [4.78, 5) is 30.2. The number of pyridine rings is 1. The van der Waals surface area contributed by atoms with Crippen LogP contribution in [0.3, 0.4) is 0 Å². The van der Waals surface area contributed by atoms with E-state index in [-0.39, 0.29) is 11.9 Å². The predicted octanol–water partition coefficient (Wildman–Crippen LogP) is 3.37. The Kier molecular flexibility index (Phi) is 6.70. The van der Waals surface area contributed by atoms with Gasteiger partial charge in [-0.2, -0.15) is 0 Å². The number of hydrogen-bond acceptors (Lipinski definition) is 4. The third-order valence-corrected chi connectivity index (χ3v) is 4.67. The lowest BCUT2D eigenvalue weighted by molar-refractivity contribution is -0.129. The summed E-state index contributed by atoms with van der Waals surface area (Å²) < 4.78 is 0. The zero-order valence-corrected chi connectivity index (χ0v) is 15.5. The number of hydrogen-bond donors (Lipinski definition) is 2. The van der Waals surface area contributed by atoms with Gasteiger partial charge in [-0.25, -0.2) is 10.5 Å². The zero-order valence-electron chi connectivity index (χ0n) is 15.5. The first-order valence-electron chi connectivity index (χ1n) is 9.30. The minimum absolute atomic E-state index is 0.0315. The molecule has 2 N–H and O–H groups in total. The molecule has 1 unspecified atom stereocenters. The molecule has 0 spiro atoms. The average Bonchev–Trinajstić information content (AvgIpc) is 2.76. The standard InChI is InChI=1S/C22H23N3O3/c26-21(24-28)14-12-18-9-6-10-19(23-18)13-15-22(27)25-16-5-4-11-20(25)17-7-2-1-3-8-17/h1-3,6-10,12-15,20,28H,4-5,11,16H2,(H,24,26). The van der Waals surface area contributed by atoms with Crippen LogP contribution in [0.1, 0.15) is 42.3 Å². The fourth-order valence-electron chi connectivity index (χ4n) is 3.32. The Morgan fingerprint density at radius 2 is 1.71 bits per heavy atom. The van der Waals surface area contributed by atoms with Crippen molar-refractivity contribution >= 4 is 24.0 Å². The number of amides is 2. The minimum Gasteiger partial charge on any atom is -0.332 e. The molecule has 28 heavy (non-hydrogen) atoms. The number of aromatic nitrogens is 1. The Labute approximate surface area is 164 Å². The van der Waals surface area contributed by atoms with Gasteiger partial charge in [0.15, 0.2) is 0 Å². The molecule has 0 aliphatic carbocycles. The van der Waals surface area contributed by atoms with E-state index >= 15 is 0 Å². The van der Waals surface area contributed by atoms with Gasteiger partial charge < -0.3 is 4.90 Å². The lowest BCUT2D eigenvalue weighted by Crippen LogP contribution is -2.37. The van der Waals surface area contributed by atoms with E-state index < -0.39 is 5.91 Å². The van der Waals surface area contributed by atoms with E-state index in [9.17, 15) is 9.59 Å². The van der Waals surface area contributed by atoms with Crippen molar-refractivity contribution < 1.29 is 14.8 Å². The molecule has 2 aromatic rings. The maximum absolute atomic E-state index is 12.8. The maximum Gasteiger partial charge on any atom is 0.267 e. The molecule has 1 fully saturated rings. The second kappa shape index (κ2) is 9.62. The molecule has 0 bridgehead atoms.